The molecule has 0 saturated carbocycles. The first kappa shape index (κ1) is 14.9. The van der Waals surface area contributed by atoms with Gasteiger partial charge in [0.25, 0.3) is 0 Å². The summed E-state index contributed by atoms with van der Waals surface area (Å²) in [6.45, 7) is 3.98. The molecule has 0 atom stereocenters. The van der Waals surface area contributed by atoms with Crippen LogP contribution in [0.3, 0.4) is 0 Å². The fraction of sp³-hybridized carbons (Fsp3) is 0.211. The first-order valence-corrected chi connectivity index (χ1v) is 7.17. The molecule has 0 radical (unpaired) electrons. The second kappa shape index (κ2) is 7.31. The van der Waals surface area contributed by atoms with E-state index >= 15 is 0 Å². The van der Waals surface area contributed by atoms with E-state index in [4.69, 9.17) is 0 Å². The maximum absolute atomic E-state index is 11.8. The van der Waals surface area contributed by atoms with Crippen LogP contribution in [0.25, 0.3) is 0 Å². The second-order valence-electron chi connectivity index (χ2n) is 4.91. The van der Waals surface area contributed by atoms with Gasteiger partial charge in [0.1, 0.15) is 0 Å². The van der Waals surface area contributed by atoms with Crippen LogP contribution >= 0.6 is 0 Å². The highest BCUT2D eigenvalue weighted by Crippen LogP contribution is 2.20. The molecule has 0 unspecified atom stereocenters. The third-order valence-electron chi connectivity index (χ3n) is 3.13. The number of para-hydroxylation sites is 1. The van der Waals surface area contributed by atoms with Crippen molar-refractivity contribution in [3.05, 3.63) is 65.2 Å². The minimum absolute atomic E-state index is 0.0366. The van der Waals surface area contributed by atoms with Crippen LogP contribution in [-0.4, -0.2) is 5.91 Å². The van der Waals surface area contributed by atoms with Crippen molar-refractivity contribution in [1.29, 1.82) is 0 Å². The molecular weight excluding hydrogens is 258 g/mol. The molecule has 0 aromatic heterocycles. The Morgan fingerprint density at radius 3 is 2.52 bits per heavy atom. The summed E-state index contributed by atoms with van der Waals surface area (Å²) >= 11 is 0. The number of carbonyl (C=O) groups excluding carboxylic acids is 1. The number of benzene rings is 2. The lowest BCUT2D eigenvalue weighted by molar-refractivity contribution is -0.116. The zero-order valence-corrected chi connectivity index (χ0v) is 12.4. The molecule has 2 aromatic rings. The van der Waals surface area contributed by atoms with Gasteiger partial charge in [0, 0.05) is 17.5 Å². The third-order valence-corrected chi connectivity index (χ3v) is 3.13. The minimum atomic E-state index is 0.0366. The van der Waals surface area contributed by atoms with Crippen LogP contribution in [0.15, 0.2) is 48.5 Å². The van der Waals surface area contributed by atoms with E-state index in [1.807, 2.05) is 62.4 Å². The summed E-state index contributed by atoms with van der Waals surface area (Å²) in [4.78, 5) is 11.8. The van der Waals surface area contributed by atoms with Crippen molar-refractivity contribution in [2.45, 2.75) is 26.7 Å². The summed E-state index contributed by atoms with van der Waals surface area (Å²) in [6.07, 6.45) is 1.36. The third kappa shape index (κ3) is 4.22. The zero-order valence-electron chi connectivity index (χ0n) is 12.4. The lowest BCUT2D eigenvalue weighted by atomic mass is 10.1. The number of aryl methyl sites for hydroxylation is 1. The number of rotatable bonds is 3. The maximum atomic E-state index is 11.8. The predicted molar refractivity (Wildman–Crippen MR) is 87.1 cm³/mol. The van der Waals surface area contributed by atoms with Gasteiger partial charge in [0.05, 0.1) is 5.69 Å². The van der Waals surface area contributed by atoms with Gasteiger partial charge in [-0.1, -0.05) is 49.1 Å². The lowest BCUT2D eigenvalue weighted by Crippen LogP contribution is -2.12. The SMILES string of the molecule is CCCC(=O)Nc1c(C)cccc1C#Cc1ccccc1. The van der Waals surface area contributed by atoms with E-state index in [1.165, 1.54) is 0 Å². The summed E-state index contributed by atoms with van der Waals surface area (Å²) in [5.74, 6) is 6.32. The predicted octanol–water partition coefficient (Wildman–Crippen LogP) is 4.13. The van der Waals surface area contributed by atoms with E-state index in [9.17, 15) is 4.79 Å². The van der Waals surface area contributed by atoms with E-state index in [0.717, 1.165) is 28.8 Å². The van der Waals surface area contributed by atoms with Gasteiger partial charge in [0.15, 0.2) is 0 Å². The number of carbonyl (C=O) groups is 1. The summed E-state index contributed by atoms with van der Waals surface area (Å²) in [6, 6.07) is 15.7. The van der Waals surface area contributed by atoms with Crippen LogP contribution in [0.2, 0.25) is 0 Å². The fourth-order valence-corrected chi connectivity index (χ4v) is 2.03. The smallest absolute Gasteiger partial charge is 0.224 e. The van der Waals surface area contributed by atoms with Gasteiger partial charge in [0.2, 0.25) is 5.91 Å². The topological polar surface area (TPSA) is 29.1 Å². The number of anilines is 1. The van der Waals surface area contributed by atoms with E-state index in [-0.39, 0.29) is 5.91 Å². The largest absolute Gasteiger partial charge is 0.325 e. The molecule has 0 fully saturated rings. The van der Waals surface area contributed by atoms with Crippen molar-refractivity contribution in [2.75, 3.05) is 5.32 Å². The first-order chi connectivity index (χ1) is 10.2. The van der Waals surface area contributed by atoms with Crippen LogP contribution < -0.4 is 5.32 Å². The highest BCUT2D eigenvalue weighted by molar-refractivity contribution is 5.93. The van der Waals surface area contributed by atoms with Crippen LogP contribution in [-0.2, 0) is 4.79 Å². The van der Waals surface area contributed by atoms with Gasteiger partial charge in [-0.05, 0) is 37.1 Å². The Balaban J connectivity index is 2.30. The molecule has 1 N–H and O–H groups in total. The zero-order chi connectivity index (χ0) is 15.1. The van der Waals surface area contributed by atoms with Crippen LogP contribution in [0, 0.1) is 18.8 Å². The molecule has 0 bridgehead atoms. The Kier molecular flexibility index (Phi) is 5.17. The fourth-order valence-electron chi connectivity index (χ4n) is 2.03. The number of hydrogen-bond donors (Lipinski definition) is 1. The van der Waals surface area contributed by atoms with Gasteiger partial charge < -0.3 is 5.32 Å². The lowest BCUT2D eigenvalue weighted by Gasteiger charge is -2.10. The molecule has 0 aliphatic rings. The molecular formula is C19H19NO. The molecule has 1 amide bonds. The van der Waals surface area contributed by atoms with Crippen LogP contribution in [0.5, 0.6) is 0 Å². The van der Waals surface area contributed by atoms with Crippen LogP contribution in [0.4, 0.5) is 5.69 Å². The average molecular weight is 277 g/mol. The van der Waals surface area contributed by atoms with Crippen molar-refractivity contribution in [2.24, 2.45) is 0 Å². The Hall–Kier alpha value is -2.53. The van der Waals surface area contributed by atoms with Gasteiger partial charge in [-0.3, -0.25) is 4.79 Å². The van der Waals surface area contributed by atoms with E-state index in [1.54, 1.807) is 0 Å². The normalized spacial score (nSPS) is 9.62. The minimum Gasteiger partial charge on any atom is -0.325 e. The van der Waals surface area contributed by atoms with Crippen molar-refractivity contribution < 1.29 is 4.79 Å². The Morgan fingerprint density at radius 2 is 1.81 bits per heavy atom. The van der Waals surface area contributed by atoms with Crippen LogP contribution in [0.1, 0.15) is 36.5 Å². The number of hydrogen-bond acceptors (Lipinski definition) is 1. The summed E-state index contributed by atoms with van der Waals surface area (Å²) in [5, 5.41) is 2.97. The summed E-state index contributed by atoms with van der Waals surface area (Å²) in [7, 11) is 0. The Bertz CT molecular complexity index is 678. The molecule has 2 heteroatoms. The van der Waals surface area contributed by atoms with E-state index in [2.05, 4.69) is 17.2 Å². The highest BCUT2D eigenvalue weighted by Gasteiger charge is 2.07. The molecule has 106 valence electrons. The van der Waals surface area contributed by atoms with Crippen molar-refractivity contribution in [3.8, 4) is 11.8 Å². The molecule has 0 saturated heterocycles. The van der Waals surface area contributed by atoms with Crippen molar-refractivity contribution in [3.63, 3.8) is 0 Å². The number of nitrogens with one attached hydrogen (secondary N) is 1. The Labute approximate surface area is 126 Å². The van der Waals surface area contributed by atoms with Gasteiger partial charge in [-0.25, -0.2) is 0 Å². The maximum Gasteiger partial charge on any atom is 0.224 e. The monoisotopic (exact) mass is 277 g/mol. The summed E-state index contributed by atoms with van der Waals surface area (Å²) in [5.41, 5.74) is 3.66. The quantitative estimate of drug-likeness (QED) is 0.840. The highest BCUT2D eigenvalue weighted by atomic mass is 16.1. The molecule has 0 spiro atoms. The van der Waals surface area contributed by atoms with E-state index in [0.29, 0.717) is 6.42 Å². The van der Waals surface area contributed by atoms with Gasteiger partial charge in [-0.2, -0.15) is 0 Å². The molecule has 2 aromatic carbocycles. The first-order valence-electron chi connectivity index (χ1n) is 7.17. The average Bonchev–Trinajstić information content (AvgIpc) is 2.49. The second-order valence-corrected chi connectivity index (χ2v) is 4.91. The Morgan fingerprint density at radius 1 is 1.05 bits per heavy atom. The molecule has 0 aliphatic heterocycles. The van der Waals surface area contributed by atoms with E-state index < -0.39 is 0 Å². The molecule has 21 heavy (non-hydrogen) atoms. The molecule has 0 aliphatic carbocycles. The van der Waals surface area contributed by atoms with Crippen molar-refractivity contribution in [1.82, 2.24) is 0 Å². The molecule has 2 rings (SSSR count). The molecule has 2 nitrogen and oxygen atoms in total. The van der Waals surface area contributed by atoms with Gasteiger partial charge >= 0.3 is 0 Å². The standard InChI is InChI=1S/C19H19NO/c1-3-8-18(21)20-19-15(2)9-7-12-17(19)14-13-16-10-5-4-6-11-16/h4-7,9-12H,3,8H2,1-2H3,(H,20,21). The van der Waals surface area contributed by atoms with Gasteiger partial charge in [-0.15, -0.1) is 0 Å². The summed E-state index contributed by atoms with van der Waals surface area (Å²) < 4.78 is 0. The number of amides is 1. The molecule has 0 heterocycles. The van der Waals surface area contributed by atoms with Crippen molar-refractivity contribution >= 4 is 11.6 Å².